The van der Waals surface area contributed by atoms with Gasteiger partial charge >= 0.3 is 6.18 Å². The SMILES string of the molecule is CC(Oc1ccccc1C(C)C)C(=O)N1CC(C)N(C)C(C(F)(F)F)C1. The number of carbonyl (C=O) groups is 1. The van der Waals surface area contributed by atoms with Gasteiger partial charge in [-0.25, -0.2) is 0 Å². The number of alkyl halides is 3. The fraction of sp³-hybridized carbons (Fsp3) is 0.632. The van der Waals surface area contributed by atoms with E-state index in [2.05, 4.69) is 0 Å². The standard InChI is InChI=1S/C19H27F3N2O2/c1-12(2)15-8-6-7-9-16(15)26-14(4)18(25)24-10-13(3)23(5)17(11-24)19(20,21)22/h6-9,12-14,17H,10-11H2,1-5H3. The molecule has 0 N–H and O–H groups in total. The molecule has 0 spiro atoms. The third kappa shape index (κ3) is 4.50. The number of ether oxygens (including phenoxy) is 1. The normalized spacial score (nSPS) is 23.2. The van der Waals surface area contributed by atoms with Gasteiger partial charge in [-0.15, -0.1) is 0 Å². The summed E-state index contributed by atoms with van der Waals surface area (Å²) in [7, 11) is 1.45. The summed E-state index contributed by atoms with van der Waals surface area (Å²) in [5.41, 5.74) is 0.965. The fourth-order valence-corrected chi connectivity index (χ4v) is 3.24. The molecule has 1 amide bonds. The highest BCUT2D eigenvalue weighted by Gasteiger charge is 2.48. The van der Waals surface area contributed by atoms with Crippen LogP contribution in [0.3, 0.4) is 0 Å². The van der Waals surface area contributed by atoms with E-state index in [9.17, 15) is 18.0 Å². The van der Waals surface area contributed by atoms with Crippen molar-refractivity contribution in [1.29, 1.82) is 0 Å². The number of hydrogen-bond acceptors (Lipinski definition) is 3. The average molecular weight is 372 g/mol. The van der Waals surface area contributed by atoms with Gasteiger partial charge in [-0.05, 0) is 38.4 Å². The summed E-state index contributed by atoms with van der Waals surface area (Å²) in [5, 5.41) is 0. The molecule has 0 radical (unpaired) electrons. The van der Waals surface area contributed by atoms with Crippen molar-refractivity contribution in [3.05, 3.63) is 29.8 Å². The predicted molar refractivity (Wildman–Crippen MR) is 94.3 cm³/mol. The number of benzene rings is 1. The van der Waals surface area contributed by atoms with E-state index in [4.69, 9.17) is 4.74 Å². The average Bonchev–Trinajstić information content (AvgIpc) is 2.55. The van der Waals surface area contributed by atoms with Crippen LogP contribution in [0.5, 0.6) is 5.75 Å². The van der Waals surface area contributed by atoms with Crippen molar-refractivity contribution in [2.24, 2.45) is 0 Å². The molecule has 1 heterocycles. The molecule has 4 nitrogen and oxygen atoms in total. The number of carbonyl (C=O) groups excluding carboxylic acids is 1. The Morgan fingerprint density at radius 2 is 1.81 bits per heavy atom. The molecule has 2 rings (SSSR count). The number of likely N-dealkylation sites (N-methyl/N-ethyl adjacent to an activating group) is 1. The van der Waals surface area contributed by atoms with Crippen molar-refractivity contribution in [3.8, 4) is 5.75 Å². The quantitative estimate of drug-likeness (QED) is 0.809. The number of rotatable bonds is 4. The van der Waals surface area contributed by atoms with Gasteiger partial charge in [0.15, 0.2) is 6.10 Å². The second-order valence-corrected chi connectivity index (χ2v) is 7.27. The number of nitrogens with zero attached hydrogens (tertiary/aromatic N) is 2. The smallest absolute Gasteiger partial charge is 0.405 e. The van der Waals surface area contributed by atoms with Gasteiger partial charge in [-0.1, -0.05) is 32.0 Å². The van der Waals surface area contributed by atoms with E-state index in [1.165, 1.54) is 16.8 Å². The van der Waals surface area contributed by atoms with E-state index in [1.807, 2.05) is 32.0 Å². The van der Waals surface area contributed by atoms with Gasteiger partial charge in [0.2, 0.25) is 0 Å². The van der Waals surface area contributed by atoms with Gasteiger partial charge in [-0.2, -0.15) is 13.2 Å². The number of hydrogen-bond donors (Lipinski definition) is 0. The van der Waals surface area contributed by atoms with E-state index < -0.39 is 24.2 Å². The van der Waals surface area contributed by atoms with Gasteiger partial charge in [-0.3, -0.25) is 9.69 Å². The Balaban J connectivity index is 2.13. The zero-order chi connectivity index (χ0) is 19.6. The summed E-state index contributed by atoms with van der Waals surface area (Å²) in [5.74, 6) is 0.391. The zero-order valence-corrected chi connectivity index (χ0v) is 15.9. The first-order valence-electron chi connectivity index (χ1n) is 8.85. The van der Waals surface area contributed by atoms with E-state index >= 15 is 0 Å². The van der Waals surface area contributed by atoms with Crippen molar-refractivity contribution >= 4 is 5.91 Å². The van der Waals surface area contributed by atoms with Crippen LogP contribution in [-0.2, 0) is 4.79 Å². The Bertz CT molecular complexity index is 633. The van der Waals surface area contributed by atoms with Gasteiger partial charge in [0.25, 0.3) is 5.91 Å². The zero-order valence-electron chi connectivity index (χ0n) is 15.9. The molecule has 3 atom stereocenters. The van der Waals surface area contributed by atoms with Gasteiger partial charge in [0, 0.05) is 19.1 Å². The molecule has 0 aromatic heterocycles. The Morgan fingerprint density at radius 3 is 2.38 bits per heavy atom. The molecule has 1 aromatic rings. The van der Waals surface area contributed by atoms with E-state index in [0.29, 0.717) is 5.75 Å². The maximum atomic E-state index is 13.3. The predicted octanol–water partition coefficient (Wildman–Crippen LogP) is 3.67. The van der Waals surface area contributed by atoms with Crippen molar-refractivity contribution in [1.82, 2.24) is 9.80 Å². The molecular weight excluding hydrogens is 345 g/mol. The van der Waals surface area contributed by atoms with Crippen molar-refractivity contribution in [2.75, 3.05) is 20.1 Å². The second kappa shape index (κ2) is 7.86. The Hall–Kier alpha value is -1.76. The number of piperazine rings is 1. The lowest BCUT2D eigenvalue weighted by Gasteiger charge is -2.44. The lowest BCUT2D eigenvalue weighted by molar-refractivity contribution is -0.202. The van der Waals surface area contributed by atoms with Crippen molar-refractivity contribution in [3.63, 3.8) is 0 Å². The molecule has 1 aliphatic rings. The minimum Gasteiger partial charge on any atom is -0.481 e. The number of amides is 1. The molecule has 3 unspecified atom stereocenters. The van der Waals surface area contributed by atoms with E-state index in [0.717, 1.165) is 5.56 Å². The maximum absolute atomic E-state index is 13.3. The molecule has 146 valence electrons. The summed E-state index contributed by atoms with van der Waals surface area (Å²) in [6.07, 6.45) is -5.23. The number of para-hydroxylation sites is 1. The number of halogens is 3. The molecule has 0 saturated carbocycles. The minimum atomic E-state index is -4.38. The molecule has 1 aliphatic heterocycles. The second-order valence-electron chi connectivity index (χ2n) is 7.27. The van der Waals surface area contributed by atoms with E-state index in [-0.39, 0.29) is 25.0 Å². The van der Waals surface area contributed by atoms with Crippen LogP contribution in [0.25, 0.3) is 0 Å². The van der Waals surface area contributed by atoms with Crippen LogP contribution < -0.4 is 4.74 Å². The summed E-state index contributed by atoms with van der Waals surface area (Å²) in [6.45, 7) is 7.20. The topological polar surface area (TPSA) is 32.8 Å². The van der Waals surface area contributed by atoms with Crippen LogP contribution in [0.1, 0.15) is 39.2 Å². The third-order valence-corrected chi connectivity index (χ3v) is 4.95. The molecule has 0 aliphatic carbocycles. The van der Waals surface area contributed by atoms with Gasteiger partial charge in [0.1, 0.15) is 11.8 Å². The fourth-order valence-electron chi connectivity index (χ4n) is 3.24. The first kappa shape index (κ1) is 20.6. The van der Waals surface area contributed by atoms with Crippen molar-refractivity contribution < 1.29 is 22.7 Å². The Labute approximate surface area is 152 Å². The van der Waals surface area contributed by atoms with Crippen LogP contribution >= 0.6 is 0 Å². The minimum absolute atomic E-state index is 0.215. The molecule has 1 saturated heterocycles. The Kier molecular flexibility index (Phi) is 6.21. The van der Waals surface area contributed by atoms with Crippen LogP contribution in [-0.4, -0.2) is 60.2 Å². The van der Waals surface area contributed by atoms with Crippen LogP contribution in [0.15, 0.2) is 24.3 Å². The summed E-state index contributed by atoms with van der Waals surface area (Å²) in [6, 6.07) is 5.37. The van der Waals surface area contributed by atoms with Crippen LogP contribution in [0.2, 0.25) is 0 Å². The highest BCUT2D eigenvalue weighted by molar-refractivity contribution is 5.81. The molecule has 7 heteroatoms. The lowest BCUT2D eigenvalue weighted by Crippen LogP contribution is -2.63. The molecule has 0 bridgehead atoms. The van der Waals surface area contributed by atoms with Gasteiger partial charge < -0.3 is 9.64 Å². The lowest BCUT2D eigenvalue weighted by atomic mass is 10.0. The molecule has 1 fully saturated rings. The van der Waals surface area contributed by atoms with Gasteiger partial charge in [0.05, 0.1) is 0 Å². The maximum Gasteiger partial charge on any atom is 0.405 e. The molecule has 1 aromatic carbocycles. The van der Waals surface area contributed by atoms with Crippen LogP contribution in [0, 0.1) is 0 Å². The van der Waals surface area contributed by atoms with Crippen molar-refractivity contribution in [2.45, 2.75) is 58.0 Å². The first-order valence-corrected chi connectivity index (χ1v) is 8.85. The first-order chi connectivity index (χ1) is 12.0. The summed E-state index contributed by atoms with van der Waals surface area (Å²) < 4.78 is 45.7. The largest absolute Gasteiger partial charge is 0.481 e. The third-order valence-electron chi connectivity index (χ3n) is 4.95. The summed E-state index contributed by atoms with van der Waals surface area (Å²) >= 11 is 0. The highest BCUT2D eigenvalue weighted by atomic mass is 19.4. The van der Waals surface area contributed by atoms with E-state index in [1.54, 1.807) is 19.9 Å². The molecule has 26 heavy (non-hydrogen) atoms. The Morgan fingerprint density at radius 1 is 1.19 bits per heavy atom. The highest BCUT2D eigenvalue weighted by Crippen LogP contribution is 2.30. The monoisotopic (exact) mass is 372 g/mol. The molecular formula is C19H27F3N2O2. The van der Waals surface area contributed by atoms with Crippen LogP contribution in [0.4, 0.5) is 13.2 Å². The summed E-state index contributed by atoms with van der Waals surface area (Å²) in [4.78, 5) is 15.3.